The van der Waals surface area contributed by atoms with Crippen LogP contribution in [-0.4, -0.2) is 29.8 Å². The molecular formula is C15H22N2O2. The summed E-state index contributed by atoms with van der Waals surface area (Å²) in [6.45, 7) is 2.33. The maximum Gasteiger partial charge on any atom is 0.315 e. The molecule has 1 aromatic rings. The van der Waals surface area contributed by atoms with E-state index in [4.69, 9.17) is 0 Å². The average molecular weight is 262 g/mol. The third-order valence-corrected chi connectivity index (χ3v) is 3.45. The zero-order valence-electron chi connectivity index (χ0n) is 11.3. The zero-order chi connectivity index (χ0) is 13.7. The molecule has 1 saturated carbocycles. The zero-order valence-corrected chi connectivity index (χ0v) is 11.3. The number of carbonyl (C=O) groups excluding carboxylic acids is 1. The van der Waals surface area contributed by atoms with Gasteiger partial charge in [0.15, 0.2) is 0 Å². The van der Waals surface area contributed by atoms with Crippen molar-refractivity contribution in [3.63, 3.8) is 0 Å². The van der Waals surface area contributed by atoms with Crippen molar-refractivity contribution in [3.8, 4) is 0 Å². The SMILES string of the molecule is CCCC(O)CNC(=O)NC1CC1c1ccccc1. The molecule has 2 amide bonds. The van der Waals surface area contributed by atoms with E-state index in [2.05, 4.69) is 22.8 Å². The van der Waals surface area contributed by atoms with Crippen molar-refractivity contribution in [2.24, 2.45) is 0 Å². The Bertz CT molecular complexity index is 408. The Labute approximate surface area is 114 Å². The molecule has 104 valence electrons. The quantitative estimate of drug-likeness (QED) is 0.734. The van der Waals surface area contributed by atoms with E-state index in [9.17, 15) is 9.90 Å². The molecule has 0 heterocycles. The van der Waals surface area contributed by atoms with Crippen LogP contribution in [0.15, 0.2) is 30.3 Å². The van der Waals surface area contributed by atoms with Crippen molar-refractivity contribution in [2.75, 3.05) is 6.54 Å². The monoisotopic (exact) mass is 262 g/mol. The van der Waals surface area contributed by atoms with Gasteiger partial charge in [0, 0.05) is 18.5 Å². The number of urea groups is 1. The van der Waals surface area contributed by atoms with Gasteiger partial charge in [-0.15, -0.1) is 0 Å². The van der Waals surface area contributed by atoms with Gasteiger partial charge in [-0.05, 0) is 18.4 Å². The second-order valence-electron chi connectivity index (χ2n) is 5.16. The summed E-state index contributed by atoms with van der Waals surface area (Å²) >= 11 is 0. The van der Waals surface area contributed by atoms with Crippen LogP contribution in [0.4, 0.5) is 4.79 Å². The van der Waals surface area contributed by atoms with Crippen LogP contribution in [0.3, 0.4) is 0 Å². The van der Waals surface area contributed by atoms with E-state index >= 15 is 0 Å². The number of nitrogens with one attached hydrogen (secondary N) is 2. The summed E-state index contributed by atoms with van der Waals surface area (Å²) in [4.78, 5) is 11.6. The number of rotatable bonds is 6. The summed E-state index contributed by atoms with van der Waals surface area (Å²) < 4.78 is 0. The van der Waals surface area contributed by atoms with Gasteiger partial charge >= 0.3 is 6.03 Å². The van der Waals surface area contributed by atoms with E-state index in [0.717, 1.165) is 19.3 Å². The fourth-order valence-corrected chi connectivity index (χ4v) is 2.29. The molecule has 4 heteroatoms. The Morgan fingerprint density at radius 2 is 2.16 bits per heavy atom. The Hall–Kier alpha value is -1.55. The van der Waals surface area contributed by atoms with Gasteiger partial charge in [-0.3, -0.25) is 0 Å². The summed E-state index contributed by atoms with van der Waals surface area (Å²) in [7, 11) is 0. The number of amides is 2. The molecule has 0 aromatic heterocycles. The third kappa shape index (κ3) is 4.24. The molecule has 2 rings (SSSR count). The molecule has 1 fully saturated rings. The molecule has 1 aliphatic rings. The summed E-state index contributed by atoms with van der Waals surface area (Å²) in [5.41, 5.74) is 1.28. The van der Waals surface area contributed by atoms with Crippen molar-refractivity contribution < 1.29 is 9.90 Å². The summed E-state index contributed by atoms with van der Waals surface area (Å²) in [6, 6.07) is 10.3. The normalized spacial score (nSPS) is 22.6. The highest BCUT2D eigenvalue weighted by Gasteiger charge is 2.39. The number of aliphatic hydroxyl groups is 1. The van der Waals surface area contributed by atoms with Crippen LogP contribution in [0.2, 0.25) is 0 Å². The van der Waals surface area contributed by atoms with Gasteiger partial charge in [-0.25, -0.2) is 4.79 Å². The Morgan fingerprint density at radius 1 is 1.42 bits per heavy atom. The lowest BCUT2D eigenvalue weighted by molar-refractivity contribution is 0.160. The first-order valence-electron chi connectivity index (χ1n) is 6.98. The first kappa shape index (κ1) is 13.9. The Morgan fingerprint density at radius 3 is 2.84 bits per heavy atom. The second kappa shape index (κ2) is 6.57. The average Bonchev–Trinajstić information content (AvgIpc) is 3.17. The molecule has 3 N–H and O–H groups in total. The molecule has 0 bridgehead atoms. The summed E-state index contributed by atoms with van der Waals surface area (Å²) in [6.07, 6.45) is 2.19. The largest absolute Gasteiger partial charge is 0.391 e. The van der Waals surface area contributed by atoms with Crippen molar-refractivity contribution in [1.29, 1.82) is 0 Å². The maximum absolute atomic E-state index is 11.6. The van der Waals surface area contributed by atoms with Gasteiger partial charge in [-0.2, -0.15) is 0 Å². The molecule has 4 nitrogen and oxygen atoms in total. The Balaban J connectivity index is 1.68. The van der Waals surface area contributed by atoms with Crippen LogP contribution >= 0.6 is 0 Å². The molecule has 3 unspecified atom stereocenters. The maximum atomic E-state index is 11.6. The number of hydrogen-bond acceptors (Lipinski definition) is 2. The van der Waals surface area contributed by atoms with Crippen LogP contribution in [0.25, 0.3) is 0 Å². The highest BCUT2D eigenvalue weighted by atomic mass is 16.3. The van der Waals surface area contributed by atoms with Gasteiger partial charge in [0.05, 0.1) is 6.10 Å². The molecular weight excluding hydrogens is 240 g/mol. The lowest BCUT2D eigenvalue weighted by atomic mass is 10.1. The minimum absolute atomic E-state index is 0.182. The van der Waals surface area contributed by atoms with E-state index in [0.29, 0.717) is 12.5 Å². The first-order valence-corrected chi connectivity index (χ1v) is 6.98. The molecule has 1 aliphatic carbocycles. The highest BCUT2D eigenvalue weighted by molar-refractivity contribution is 5.74. The van der Waals surface area contributed by atoms with Crippen molar-refractivity contribution in [2.45, 2.75) is 44.2 Å². The molecule has 0 radical (unpaired) electrons. The van der Waals surface area contributed by atoms with E-state index < -0.39 is 6.10 Å². The molecule has 3 atom stereocenters. The van der Waals surface area contributed by atoms with E-state index in [1.807, 2.05) is 25.1 Å². The predicted octanol–water partition coefficient (Wildman–Crippen LogP) is 2.00. The second-order valence-corrected chi connectivity index (χ2v) is 5.16. The molecule has 1 aromatic carbocycles. The predicted molar refractivity (Wildman–Crippen MR) is 75.0 cm³/mol. The van der Waals surface area contributed by atoms with Crippen molar-refractivity contribution >= 4 is 6.03 Å². The fourth-order valence-electron chi connectivity index (χ4n) is 2.29. The van der Waals surface area contributed by atoms with Crippen molar-refractivity contribution in [3.05, 3.63) is 35.9 Å². The van der Waals surface area contributed by atoms with Crippen LogP contribution in [0.1, 0.15) is 37.7 Å². The standard InChI is InChI=1S/C15H22N2O2/c1-2-6-12(18)10-16-15(19)17-14-9-13(14)11-7-4-3-5-8-11/h3-5,7-8,12-14,18H,2,6,9-10H2,1H3,(H2,16,17,19). The lowest BCUT2D eigenvalue weighted by Gasteiger charge is -2.11. The van der Waals surface area contributed by atoms with Crippen LogP contribution < -0.4 is 10.6 Å². The molecule has 0 aliphatic heterocycles. The number of hydrogen-bond donors (Lipinski definition) is 3. The van der Waals surface area contributed by atoms with Crippen LogP contribution in [0.5, 0.6) is 0 Å². The van der Waals surface area contributed by atoms with E-state index in [1.54, 1.807) is 0 Å². The summed E-state index contributed by atoms with van der Waals surface area (Å²) in [5, 5.41) is 15.2. The number of carbonyl (C=O) groups is 1. The number of aliphatic hydroxyl groups excluding tert-OH is 1. The minimum atomic E-state index is -0.445. The first-order chi connectivity index (χ1) is 9.20. The highest BCUT2D eigenvalue weighted by Crippen LogP contribution is 2.40. The smallest absolute Gasteiger partial charge is 0.315 e. The van der Waals surface area contributed by atoms with Gasteiger partial charge in [0.25, 0.3) is 0 Å². The van der Waals surface area contributed by atoms with Crippen LogP contribution in [-0.2, 0) is 0 Å². The third-order valence-electron chi connectivity index (χ3n) is 3.45. The fraction of sp³-hybridized carbons (Fsp3) is 0.533. The number of benzene rings is 1. The van der Waals surface area contributed by atoms with E-state index in [-0.39, 0.29) is 12.1 Å². The molecule has 0 spiro atoms. The van der Waals surface area contributed by atoms with Crippen molar-refractivity contribution in [1.82, 2.24) is 10.6 Å². The van der Waals surface area contributed by atoms with Gasteiger partial charge in [0.1, 0.15) is 0 Å². The molecule has 19 heavy (non-hydrogen) atoms. The van der Waals surface area contributed by atoms with E-state index in [1.165, 1.54) is 5.56 Å². The van der Waals surface area contributed by atoms with Gasteiger partial charge < -0.3 is 15.7 Å². The lowest BCUT2D eigenvalue weighted by Crippen LogP contribution is -2.41. The summed E-state index contributed by atoms with van der Waals surface area (Å²) in [5.74, 6) is 0.438. The van der Waals surface area contributed by atoms with Crippen LogP contribution in [0, 0.1) is 0 Å². The Kier molecular flexibility index (Phi) is 4.80. The van der Waals surface area contributed by atoms with Gasteiger partial charge in [-0.1, -0.05) is 43.7 Å². The topological polar surface area (TPSA) is 61.4 Å². The van der Waals surface area contributed by atoms with Gasteiger partial charge in [0.2, 0.25) is 0 Å². The molecule has 0 saturated heterocycles. The minimum Gasteiger partial charge on any atom is -0.391 e.